The second kappa shape index (κ2) is 6.84. The third kappa shape index (κ3) is 4.66. The summed E-state index contributed by atoms with van der Waals surface area (Å²) in [6.45, 7) is 3.64. The van der Waals surface area contributed by atoms with E-state index >= 15 is 0 Å². The summed E-state index contributed by atoms with van der Waals surface area (Å²) >= 11 is 0. The molecule has 21 heavy (non-hydrogen) atoms. The molecule has 1 amide bonds. The van der Waals surface area contributed by atoms with Gasteiger partial charge in [-0.1, -0.05) is 13.3 Å². The zero-order valence-electron chi connectivity index (χ0n) is 11.8. The molecule has 0 spiro atoms. The molecule has 0 bridgehead atoms. The van der Waals surface area contributed by atoms with Gasteiger partial charge in [-0.15, -0.1) is 0 Å². The van der Waals surface area contributed by atoms with Gasteiger partial charge in [0, 0.05) is 11.7 Å². The lowest BCUT2D eigenvalue weighted by atomic mass is 10.2. The van der Waals surface area contributed by atoms with Crippen molar-refractivity contribution in [1.82, 2.24) is 5.32 Å². The van der Waals surface area contributed by atoms with Crippen molar-refractivity contribution >= 4 is 21.4 Å². The van der Waals surface area contributed by atoms with E-state index in [1.54, 1.807) is 6.92 Å². The molecule has 118 valence electrons. The van der Waals surface area contributed by atoms with Crippen LogP contribution in [0.1, 0.15) is 26.7 Å². The number of nitrogens with one attached hydrogen (secondary N) is 1. The molecule has 5 nitrogen and oxygen atoms in total. The number of rotatable bonds is 6. The van der Waals surface area contributed by atoms with E-state index in [0.29, 0.717) is 18.6 Å². The van der Waals surface area contributed by atoms with Gasteiger partial charge >= 0.3 is 0 Å². The molecule has 0 aliphatic heterocycles. The molecule has 0 aliphatic carbocycles. The first-order valence-corrected chi connectivity index (χ1v) is 8.09. The Kier molecular flexibility index (Phi) is 5.65. The Morgan fingerprint density at radius 1 is 1.33 bits per heavy atom. The van der Waals surface area contributed by atoms with E-state index in [9.17, 15) is 22.0 Å². The number of carbonyl (C=O) groups excluding carboxylic acids is 1. The first-order chi connectivity index (χ1) is 9.67. The van der Waals surface area contributed by atoms with Crippen molar-refractivity contribution in [2.75, 3.05) is 11.5 Å². The number of hydrogen-bond acceptors (Lipinski definition) is 4. The second-order valence-corrected chi connectivity index (χ2v) is 6.76. The Morgan fingerprint density at radius 3 is 2.33 bits per heavy atom. The highest BCUT2D eigenvalue weighted by atomic mass is 32.2. The van der Waals surface area contributed by atoms with E-state index in [1.165, 1.54) is 0 Å². The van der Waals surface area contributed by atoms with E-state index in [-0.39, 0.29) is 11.7 Å². The average Bonchev–Trinajstić information content (AvgIpc) is 2.25. The molecule has 8 heteroatoms. The van der Waals surface area contributed by atoms with Crippen LogP contribution in [-0.2, 0) is 14.6 Å². The van der Waals surface area contributed by atoms with Crippen LogP contribution >= 0.6 is 0 Å². The van der Waals surface area contributed by atoms with Crippen LogP contribution in [0.5, 0.6) is 0 Å². The highest BCUT2D eigenvalue weighted by Crippen LogP contribution is 2.22. The number of hydrogen-bond donors (Lipinski definition) is 2. The average molecular weight is 320 g/mol. The maximum Gasteiger partial charge on any atom is 0.235 e. The standard InChI is InChI=1S/C13H18F2N2O3S/c1-3-4-8(2)17-12(18)7-21(19,20)13-10(14)5-9(16)6-11(13)15/h5-6,8H,3-4,7,16H2,1-2H3,(H,17,18). The zero-order valence-corrected chi connectivity index (χ0v) is 12.6. The molecule has 1 aromatic carbocycles. The lowest BCUT2D eigenvalue weighted by molar-refractivity contribution is -0.119. The summed E-state index contributed by atoms with van der Waals surface area (Å²) < 4.78 is 51.1. The predicted octanol–water partition coefficient (Wildman–Crippen LogP) is 1.63. The van der Waals surface area contributed by atoms with Gasteiger partial charge in [0.15, 0.2) is 9.84 Å². The Hall–Kier alpha value is -1.70. The van der Waals surface area contributed by atoms with E-state index in [4.69, 9.17) is 5.73 Å². The number of carbonyl (C=O) groups is 1. The van der Waals surface area contributed by atoms with Gasteiger partial charge in [0.2, 0.25) is 5.91 Å². The second-order valence-electron chi connectivity index (χ2n) is 4.83. The molecule has 1 unspecified atom stereocenters. The minimum absolute atomic E-state index is 0.209. The van der Waals surface area contributed by atoms with Gasteiger partial charge in [0.1, 0.15) is 22.3 Å². The van der Waals surface area contributed by atoms with Crippen molar-refractivity contribution in [3.8, 4) is 0 Å². The molecule has 1 atom stereocenters. The van der Waals surface area contributed by atoms with Crippen LogP contribution in [0, 0.1) is 11.6 Å². The number of nitrogens with two attached hydrogens (primary N) is 1. The van der Waals surface area contributed by atoms with Gasteiger partial charge in [-0.25, -0.2) is 17.2 Å². The quantitative estimate of drug-likeness (QED) is 0.780. The normalized spacial score (nSPS) is 13.0. The molecular formula is C13H18F2N2O3S. The predicted molar refractivity (Wildman–Crippen MR) is 75.3 cm³/mol. The van der Waals surface area contributed by atoms with Crippen molar-refractivity contribution in [1.29, 1.82) is 0 Å². The fourth-order valence-corrected chi connectivity index (χ4v) is 3.23. The molecule has 0 radical (unpaired) electrons. The van der Waals surface area contributed by atoms with Gasteiger partial charge < -0.3 is 11.1 Å². The SMILES string of the molecule is CCCC(C)NC(=O)CS(=O)(=O)c1c(F)cc(N)cc1F. The smallest absolute Gasteiger partial charge is 0.235 e. The maximum atomic E-state index is 13.6. The number of sulfone groups is 1. The maximum absolute atomic E-state index is 13.6. The van der Waals surface area contributed by atoms with E-state index < -0.39 is 38.0 Å². The summed E-state index contributed by atoms with van der Waals surface area (Å²) in [4.78, 5) is 10.5. The molecule has 0 fully saturated rings. The summed E-state index contributed by atoms with van der Waals surface area (Å²) in [6.07, 6.45) is 1.49. The molecule has 0 aromatic heterocycles. The summed E-state index contributed by atoms with van der Waals surface area (Å²) in [5.41, 5.74) is 4.99. The zero-order chi connectivity index (χ0) is 16.2. The van der Waals surface area contributed by atoms with Gasteiger partial charge in [-0.3, -0.25) is 4.79 Å². The van der Waals surface area contributed by atoms with Crippen molar-refractivity contribution in [3.05, 3.63) is 23.8 Å². The Labute approximate surface area is 122 Å². The lowest BCUT2D eigenvalue weighted by Crippen LogP contribution is -2.37. The third-order valence-electron chi connectivity index (χ3n) is 2.78. The molecule has 0 heterocycles. The molecule has 0 saturated carbocycles. The van der Waals surface area contributed by atoms with Gasteiger partial charge in [0.25, 0.3) is 0 Å². The van der Waals surface area contributed by atoms with Crippen LogP contribution in [0.3, 0.4) is 0 Å². The molecule has 1 rings (SSSR count). The summed E-state index contributed by atoms with van der Waals surface area (Å²) in [6, 6.07) is 1.19. The molecule has 1 aromatic rings. The lowest BCUT2D eigenvalue weighted by Gasteiger charge is -2.13. The third-order valence-corrected chi connectivity index (χ3v) is 4.44. The van der Waals surface area contributed by atoms with Crippen LogP contribution in [0.25, 0.3) is 0 Å². The topological polar surface area (TPSA) is 89.3 Å². The number of nitrogen functional groups attached to an aromatic ring is 1. The fourth-order valence-electron chi connectivity index (χ4n) is 1.94. The van der Waals surface area contributed by atoms with Crippen molar-refractivity contribution in [2.45, 2.75) is 37.6 Å². The monoisotopic (exact) mass is 320 g/mol. The van der Waals surface area contributed by atoms with E-state index in [0.717, 1.165) is 6.42 Å². The van der Waals surface area contributed by atoms with Gasteiger partial charge in [-0.05, 0) is 25.5 Å². The van der Waals surface area contributed by atoms with Gasteiger partial charge in [0.05, 0.1) is 0 Å². The minimum atomic E-state index is -4.42. The molecule has 0 aliphatic rings. The summed E-state index contributed by atoms with van der Waals surface area (Å²) in [5, 5.41) is 2.47. The number of anilines is 1. The minimum Gasteiger partial charge on any atom is -0.399 e. The first-order valence-electron chi connectivity index (χ1n) is 6.44. The van der Waals surface area contributed by atoms with Crippen molar-refractivity contribution in [2.24, 2.45) is 0 Å². The first kappa shape index (κ1) is 17.4. The summed E-state index contributed by atoms with van der Waals surface area (Å²) in [5.74, 6) is -4.42. The largest absolute Gasteiger partial charge is 0.399 e. The highest BCUT2D eigenvalue weighted by Gasteiger charge is 2.27. The molecule has 3 N–H and O–H groups in total. The van der Waals surface area contributed by atoms with Crippen molar-refractivity contribution in [3.63, 3.8) is 0 Å². The van der Waals surface area contributed by atoms with Crippen LogP contribution < -0.4 is 11.1 Å². The van der Waals surface area contributed by atoms with E-state index in [2.05, 4.69) is 5.32 Å². The Bertz CT molecular complexity index is 609. The van der Waals surface area contributed by atoms with Gasteiger partial charge in [-0.2, -0.15) is 0 Å². The molecular weight excluding hydrogens is 302 g/mol. The van der Waals surface area contributed by atoms with Crippen LogP contribution in [0.4, 0.5) is 14.5 Å². The van der Waals surface area contributed by atoms with Crippen molar-refractivity contribution < 1.29 is 22.0 Å². The van der Waals surface area contributed by atoms with E-state index in [1.807, 2.05) is 6.92 Å². The summed E-state index contributed by atoms with van der Waals surface area (Å²) in [7, 11) is -4.42. The van der Waals surface area contributed by atoms with Crippen LogP contribution in [0.15, 0.2) is 17.0 Å². The number of benzene rings is 1. The number of halogens is 2. The Balaban J connectivity index is 2.95. The fraction of sp³-hybridized carbons (Fsp3) is 0.462. The Morgan fingerprint density at radius 2 is 1.86 bits per heavy atom. The highest BCUT2D eigenvalue weighted by molar-refractivity contribution is 7.92. The van der Waals surface area contributed by atoms with Crippen LogP contribution in [0.2, 0.25) is 0 Å². The van der Waals surface area contributed by atoms with Crippen LogP contribution in [-0.4, -0.2) is 26.1 Å². The number of amides is 1. The molecule has 0 saturated heterocycles.